The molecule has 1 aliphatic carbocycles. The Morgan fingerprint density at radius 1 is 1.20 bits per heavy atom. The lowest BCUT2D eigenvalue weighted by molar-refractivity contribution is -0.109. The molecule has 1 fully saturated rings. The quantitative estimate of drug-likeness (QED) is 0.404. The number of aromatic nitrogens is 5. The van der Waals surface area contributed by atoms with Gasteiger partial charge >= 0.3 is 0 Å². The zero-order valence-electron chi connectivity index (χ0n) is 19.5. The van der Waals surface area contributed by atoms with Gasteiger partial charge in [0.05, 0.1) is 30.1 Å². The van der Waals surface area contributed by atoms with Gasteiger partial charge in [0, 0.05) is 17.2 Å². The van der Waals surface area contributed by atoms with Crippen molar-refractivity contribution < 1.29 is 13.9 Å². The van der Waals surface area contributed by atoms with Crippen LogP contribution in [0.3, 0.4) is 0 Å². The lowest BCUT2D eigenvalue weighted by atomic mass is 9.82. The number of benzene rings is 1. The zero-order chi connectivity index (χ0) is 24.2. The van der Waals surface area contributed by atoms with Gasteiger partial charge in [-0.2, -0.15) is 10.1 Å². The Morgan fingerprint density at radius 3 is 2.80 bits per heavy atom. The number of carbonyl (C=O) groups is 1. The zero-order valence-corrected chi connectivity index (χ0v) is 19.5. The van der Waals surface area contributed by atoms with E-state index in [0.29, 0.717) is 47.0 Å². The van der Waals surface area contributed by atoms with Crippen LogP contribution in [0.1, 0.15) is 37.8 Å². The normalized spacial score (nSPS) is 18.3. The third kappa shape index (κ3) is 3.71. The number of carbonyl (C=O) groups excluding carboxylic acids is 1. The molecule has 8 nitrogen and oxygen atoms in total. The molecule has 1 unspecified atom stereocenters. The van der Waals surface area contributed by atoms with Crippen LogP contribution >= 0.6 is 0 Å². The third-order valence-corrected chi connectivity index (χ3v) is 6.88. The summed E-state index contributed by atoms with van der Waals surface area (Å²) >= 11 is 0. The van der Waals surface area contributed by atoms with Crippen molar-refractivity contribution >= 4 is 23.1 Å². The maximum atomic E-state index is 14.4. The molecule has 1 saturated carbocycles. The fraction of sp³-hybridized carbons (Fsp3) is 0.346. The second-order valence-electron chi connectivity index (χ2n) is 9.78. The summed E-state index contributed by atoms with van der Waals surface area (Å²) in [6.45, 7) is 4.77. The highest BCUT2D eigenvalue weighted by Crippen LogP contribution is 2.45. The molecule has 2 aliphatic rings. The number of rotatable bonds is 7. The molecule has 3 aromatic heterocycles. The number of hydrogen-bond acceptors (Lipinski definition) is 7. The van der Waals surface area contributed by atoms with E-state index in [0.717, 1.165) is 30.1 Å². The summed E-state index contributed by atoms with van der Waals surface area (Å²) in [5, 5.41) is 8.74. The van der Waals surface area contributed by atoms with E-state index in [4.69, 9.17) is 19.8 Å². The van der Waals surface area contributed by atoms with Crippen LogP contribution in [0.5, 0.6) is 5.88 Å². The first-order valence-electron chi connectivity index (χ1n) is 11.8. The molecule has 1 aliphatic heterocycles. The van der Waals surface area contributed by atoms with E-state index in [1.165, 1.54) is 6.07 Å². The largest absolute Gasteiger partial charge is 0.477 e. The molecule has 6 rings (SSSR count). The van der Waals surface area contributed by atoms with Gasteiger partial charge in [0.1, 0.15) is 23.6 Å². The first-order valence-corrected chi connectivity index (χ1v) is 11.8. The number of aldehydes is 1. The van der Waals surface area contributed by atoms with Gasteiger partial charge in [-0.3, -0.25) is 0 Å². The van der Waals surface area contributed by atoms with E-state index in [1.54, 1.807) is 29.1 Å². The number of ether oxygens (including phenoxy) is 1. The topological polar surface area (TPSA) is 94.8 Å². The number of pyridine rings is 1. The highest BCUT2D eigenvalue weighted by Gasteiger charge is 2.44. The molecule has 1 N–H and O–H groups in total. The first-order chi connectivity index (χ1) is 17.0. The first kappa shape index (κ1) is 21.6. The molecule has 4 heterocycles. The predicted molar refractivity (Wildman–Crippen MR) is 129 cm³/mol. The second kappa shape index (κ2) is 8.11. The van der Waals surface area contributed by atoms with E-state index in [9.17, 15) is 9.18 Å². The Kier molecular flexibility index (Phi) is 5.01. The number of anilines is 1. The van der Waals surface area contributed by atoms with Gasteiger partial charge in [-0.05, 0) is 37.0 Å². The minimum Gasteiger partial charge on any atom is -0.477 e. The molecular formula is C26H25FN6O2. The maximum Gasteiger partial charge on any atom is 0.223 e. The van der Waals surface area contributed by atoms with Crippen molar-refractivity contribution in [1.82, 2.24) is 24.7 Å². The number of halogens is 1. The van der Waals surface area contributed by atoms with E-state index in [1.807, 2.05) is 26.0 Å². The monoisotopic (exact) mass is 472 g/mol. The van der Waals surface area contributed by atoms with Crippen LogP contribution < -0.4 is 10.1 Å². The fourth-order valence-corrected chi connectivity index (χ4v) is 4.58. The van der Waals surface area contributed by atoms with Crippen LogP contribution in [0.4, 0.5) is 10.2 Å². The molecule has 178 valence electrons. The predicted octanol–water partition coefficient (Wildman–Crippen LogP) is 4.14. The standard InChI is InChI=1S/C26H25FN6O2/c1-26(2)19(13-34)29-22-20(26)25(35-14-15-9-10-15)31-23(30-22)21-17-7-5-11-28-24(17)33(32-21)12-16-6-3-4-8-18(16)27/h3-8,11,13,15,19H,9-10,12,14H2,1-2H3,(H,29,30,31). The van der Waals surface area contributed by atoms with Crippen LogP contribution in [0.15, 0.2) is 42.6 Å². The van der Waals surface area contributed by atoms with Crippen molar-refractivity contribution in [3.8, 4) is 17.4 Å². The SMILES string of the molecule is CC1(C)c2c(nc(-c3nn(Cc4ccccc4F)c4ncccc34)nc2OCC2CC2)NC1C=O. The highest BCUT2D eigenvalue weighted by molar-refractivity contribution is 5.90. The molecule has 0 saturated heterocycles. The van der Waals surface area contributed by atoms with Crippen molar-refractivity contribution in [1.29, 1.82) is 0 Å². The van der Waals surface area contributed by atoms with Crippen LogP contribution in [0.2, 0.25) is 0 Å². The van der Waals surface area contributed by atoms with E-state index in [-0.39, 0.29) is 12.4 Å². The van der Waals surface area contributed by atoms with Crippen LogP contribution in [0, 0.1) is 11.7 Å². The number of nitrogens with one attached hydrogen (secondary N) is 1. The van der Waals surface area contributed by atoms with E-state index >= 15 is 0 Å². The fourth-order valence-electron chi connectivity index (χ4n) is 4.58. The smallest absolute Gasteiger partial charge is 0.223 e. The van der Waals surface area contributed by atoms with Crippen LogP contribution in [-0.2, 0) is 16.8 Å². The average molecular weight is 473 g/mol. The maximum absolute atomic E-state index is 14.4. The van der Waals surface area contributed by atoms with Gasteiger partial charge in [0.15, 0.2) is 11.5 Å². The summed E-state index contributed by atoms with van der Waals surface area (Å²) in [5.74, 6) is 1.65. The Morgan fingerprint density at radius 2 is 2.03 bits per heavy atom. The summed E-state index contributed by atoms with van der Waals surface area (Å²) < 4.78 is 22.2. The second-order valence-corrected chi connectivity index (χ2v) is 9.78. The molecule has 0 spiro atoms. The molecule has 35 heavy (non-hydrogen) atoms. The Balaban J connectivity index is 1.48. The average Bonchev–Trinajstić information content (AvgIpc) is 3.56. The minimum absolute atomic E-state index is 0.217. The molecular weight excluding hydrogens is 447 g/mol. The minimum atomic E-state index is -0.525. The van der Waals surface area contributed by atoms with Gasteiger partial charge in [0.2, 0.25) is 5.88 Å². The van der Waals surface area contributed by atoms with Crippen LogP contribution in [-0.4, -0.2) is 43.7 Å². The molecule has 1 aromatic carbocycles. The van der Waals surface area contributed by atoms with Crippen molar-refractivity contribution in [3.63, 3.8) is 0 Å². The molecule has 1 atom stereocenters. The Hall–Kier alpha value is -3.88. The summed E-state index contributed by atoms with van der Waals surface area (Å²) in [6.07, 6.45) is 4.87. The molecule has 0 radical (unpaired) electrons. The number of nitrogens with zero attached hydrogens (tertiary/aromatic N) is 5. The van der Waals surface area contributed by atoms with E-state index < -0.39 is 11.5 Å². The summed E-state index contributed by atoms with van der Waals surface area (Å²) in [6, 6.07) is 9.89. The summed E-state index contributed by atoms with van der Waals surface area (Å²) in [4.78, 5) is 25.9. The third-order valence-electron chi connectivity index (χ3n) is 6.88. The molecule has 0 bridgehead atoms. The van der Waals surface area contributed by atoms with Gasteiger partial charge in [-0.25, -0.2) is 19.0 Å². The summed E-state index contributed by atoms with van der Waals surface area (Å²) in [7, 11) is 0. The molecule has 9 heteroatoms. The number of hydrogen-bond donors (Lipinski definition) is 1. The lowest BCUT2D eigenvalue weighted by Crippen LogP contribution is -2.34. The molecule has 0 amide bonds. The van der Waals surface area contributed by atoms with Gasteiger partial charge in [-0.15, -0.1) is 0 Å². The Labute approximate surface area is 201 Å². The van der Waals surface area contributed by atoms with Crippen molar-refractivity contribution in [2.45, 2.75) is 44.7 Å². The van der Waals surface area contributed by atoms with Crippen LogP contribution in [0.25, 0.3) is 22.6 Å². The highest BCUT2D eigenvalue weighted by atomic mass is 19.1. The van der Waals surface area contributed by atoms with Crippen molar-refractivity contribution in [3.05, 3.63) is 59.5 Å². The van der Waals surface area contributed by atoms with E-state index in [2.05, 4.69) is 10.3 Å². The lowest BCUT2D eigenvalue weighted by Gasteiger charge is -2.23. The van der Waals surface area contributed by atoms with Gasteiger partial charge < -0.3 is 14.8 Å². The van der Waals surface area contributed by atoms with Crippen molar-refractivity contribution in [2.24, 2.45) is 5.92 Å². The summed E-state index contributed by atoms with van der Waals surface area (Å²) in [5.41, 5.74) is 1.91. The Bertz CT molecular complexity index is 1450. The molecule has 4 aromatic rings. The van der Waals surface area contributed by atoms with Crippen molar-refractivity contribution in [2.75, 3.05) is 11.9 Å². The van der Waals surface area contributed by atoms with Gasteiger partial charge in [0.25, 0.3) is 0 Å². The number of fused-ring (bicyclic) bond motifs is 2. The van der Waals surface area contributed by atoms with Gasteiger partial charge in [-0.1, -0.05) is 32.0 Å².